The number of unbranched alkanes of at least 4 members (excludes halogenated alkanes) is 2. The maximum Gasteiger partial charge on any atom is 0.311 e. The number of rotatable bonds is 19. The first-order chi connectivity index (χ1) is 30.5. The van der Waals surface area contributed by atoms with E-state index >= 15 is 0 Å². The summed E-state index contributed by atoms with van der Waals surface area (Å²) in [5, 5.41) is 9.44. The number of hydrogen-bond acceptors (Lipinski definition) is 4. The van der Waals surface area contributed by atoms with Crippen molar-refractivity contribution < 1.29 is 36.0 Å². The average molecular weight is 1030 g/mol. The number of halogens is 2. The number of esters is 2. The number of benzene rings is 6. The fraction of sp³-hybridized carbons (Fsp3) is 0.321. The number of ether oxygens (including phenoxy) is 2. The van der Waals surface area contributed by atoms with E-state index in [1.54, 1.807) is 0 Å². The first kappa shape index (κ1) is 54.4. The molecule has 0 aliphatic rings. The Bertz CT molecular complexity index is 1970. The normalized spacial score (nSPS) is 11.2. The van der Waals surface area contributed by atoms with Crippen molar-refractivity contribution >= 4 is 74.9 Å². The van der Waals surface area contributed by atoms with E-state index in [4.69, 9.17) is 9.47 Å². The van der Waals surface area contributed by atoms with E-state index in [0.717, 1.165) is 50.0 Å². The lowest BCUT2D eigenvalue weighted by molar-refractivity contribution is -0.154. The van der Waals surface area contributed by atoms with Gasteiger partial charge in [0, 0.05) is 5.33 Å². The van der Waals surface area contributed by atoms with Crippen LogP contribution in [0, 0.1) is 10.8 Å². The van der Waals surface area contributed by atoms with Crippen LogP contribution in [0.5, 0.6) is 0 Å². The molecule has 4 nitrogen and oxygen atoms in total. The standard InChI is InChI=1S/C28H34O2P.C18H15P.C10H19BrO2.BrH/c1-4-30-27(29)28(2,3)22-14-15-23-31(24-16-8-5-9-17-24,25-18-10-6-11-19-25)26-20-12-7-13-21-26;1-4-10-16(11-5-1)19(17-12-6-2-7-13-17)18-14-8-3-9-15-18;1-4-13-9(12)10(2,3)7-5-6-8-11;/h5-13,16-21H,4,14-15,22-23H2,1-3H3;1-15H;4-8H2,1-3H3;1H/q+1;;;/p-1. The lowest BCUT2D eigenvalue weighted by Crippen LogP contribution is -3.00. The van der Waals surface area contributed by atoms with Gasteiger partial charge in [0.05, 0.1) is 30.2 Å². The summed E-state index contributed by atoms with van der Waals surface area (Å²) in [5.41, 5.74) is -0.762. The molecular weight excluding hydrogens is 958 g/mol. The second-order valence-corrected chi connectivity index (χ2v) is 23.3. The molecule has 0 N–H and O–H groups in total. The zero-order valence-electron chi connectivity index (χ0n) is 38.7. The van der Waals surface area contributed by atoms with Crippen LogP contribution in [-0.4, -0.2) is 36.6 Å². The second-order valence-electron chi connectivity index (χ2n) is 16.7. The Balaban J connectivity index is 0.000000281. The monoisotopic (exact) mass is 1020 g/mol. The summed E-state index contributed by atoms with van der Waals surface area (Å²) >= 11 is 3.37. The molecule has 6 aromatic rings. The molecule has 340 valence electrons. The predicted octanol–water partition coefficient (Wildman–Crippen LogP) is 9.33. The molecule has 0 spiro atoms. The minimum Gasteiger partial charge on any atom is -1.00 e. The van der Waals surface area contributed by atoms with Crippen LogP contribution in [-0.2, 0) is 19.1 Å². The van der Waals surface area contributed by atoms with Crippen molar-refractivity contribution in [1.82, 2.24) is 0 Å². The molecular formula is C56H68Br2O4P2. The second kappa shape index (κ2) is 28.9. The molecule has 64 heavy (non-hydrogen) atoms. The van der Waals surface area contributed by atoms with Gasteiger partial charge < -0.3 is 26.5 Å². The third kappa shape index (κ3) is 16.5. The molecule has 0 aromatic heterocycles. The topological polar surface area (TPSA) is 52.6 Å². The molecule has 0 aliphatic heterocycles. The van der Waals surface area contributed by atoms with Crippen LogP contribution in [0.4, 0.5) is 0 Å². The van der Waals surface area contributed by atoms with E-state index in [-0.39, 0.29) is 34.3 Å². The molecule has 0 aliphatic carbocycles. The Morgan fingerprint density at radius 3 is 1.03 bits per heavy atom. The van der Waals surface area contributed by atoms with Crippen molar-refractivity contribution in [1.29, 1.82) is 0 Å². The number of alkyl halides is 1. The third-order valence-electron chi connectivity index (χ3n) is 11.0. The van der Waals surface area contributed by atoms with Gasteiger partial charge in [0.1, 0.15) is 23.2 Å². The molecule has 0 fully saturated rings. The SMILES string of the molecule is CCOC(=O)C(C)(C)CCCCBr.CCOC(=O)C(C)(C)CCCC[P+](c1ccccc1)(c1ccccc1)c1ccccc1.[Br-].c1ccc(P(c2ccccc2)c2ccccc2)cc1. The highest BCUT2D eigenvalue weighted by atomic mass is 79.9. The highest BCUT2D eigenvalue weighted by Gasteiger charge is 2.44. The van der Waals surface area contributed by atoms with Gasteiger partial charge in [-0.1, -0.05) is 168 Å². The Kier molecular flexibility index (Phi) is 24.5. The predicted molar refractivity (Wildman–Crippen MR) is 277 cm³/mol. The van der Waals surface area contributed by atoms with Crippen LogP contribution in [0.25, 0.3) is 0 Å². The van der Waals surface area contributed by atoms with Gasteiger partial charge in [-0.15, -0.1) is 0 Å². The Morgan fingerprint density at radius 1 is 0.469 bits per heavy atom. The smallest absolute Gasteiger partial charge is 0.311 e. The molecule has 0 saturated carbocycles. The van der Waals surface area contributed by atoms with E-state index in [2.05, 4.69) is 198 Å². The third-order valence-corrected chi connectivity index (χ3v) is 18.6. The quantitative estimate of drug-likeness (QED) is 0.0352. The van der Waals surface area contributed by atoms with E-state index in [9.17, 15) is 9.59 Å². The highest BCUT2D eigenvalue weighted by Crippen LogP contribution is 2.56. The molecule has 0 heterocycles. The lowest BCUT2D eigenvalue weighted by atomic mass is 9.87. The number of carbonyl (C=O) groups is 2. The van der Waals surface area contributed by atoms with Crippen molar-refractivity contribution in [2.24, 2.45) is 10.8 Å². The van der Waals surface area contributed by atoms with E-state index in [0.29, 0.717) is 13.2 Å². The van der Waals surface area contributed by atoms with Crippen molar-refractivity contribution in [2.75, 3.05) is 24.7 Å². The fourth-order valence-electron chi connectivity index (χ4n) is 7.49. The minimum absolute atomic E-state index is 0. The highest BCUT2D eigenvalue weighted by molar-refractivity contribution is 9.09. The summed E-state index contributed by atoms with van der Waals surface area (Å²) in [6.07, 6.45) is 7.07. The van der Waals surface area contributed by atoms with Gasteiger partial charge in [0.2, 0.25) is 0 Å². The lowest BCUT2D eigenvalue weighted by Gasteiger charge is -2.28. The van der Waals surface area contributed by atoms with Gasteiger partial charge in [-0.3, -0.25) is 9.59 Å². The van der Waals surface area contributed by atoms with Gasteiger partial charge in [-0.2, -0.15) is 0 Å². The van der Waals surface area contributed by atoms with Crippen molar-refractivity contribution in [2.45, 2.75) is 80.1 Å². The summed E-state index contributed by atoms with van der Waals surface area (Å²) in [6.45, 7) is 12.5. The average Bonchev–Trinajstić information content (AvgIpc) is 3.32. The summed E-state index contributed by atoms with van der Waals surface area (Å²) in [7, 11) is -2.23. The van der Waals surface area contributed by atoms with Gasteiger partial charge in [-0.05, 0) is 134 Å². The van der Waals surface area contributed by atoms with E-state index < -0.39 is 20.6 Å². The Labute approximate surface area is 406 Å². The summed E-state index contributed by atoms with van der Waals surface area (Å²) in [5.74, 6) is -0.171. The van der Waals surface area contributed by atoms with E-state index in [1.807, 2.05) is 41.5 Å². The van der Waals surface area contributed by atoms with Crippen LogP contribution >= 0.6 is 31.1 Å². The molecule has 6 aromatic carbocycles. The van der Waals surface area contributed by atoms with Crippen LogP contribution < -0.4 is 48.8 Å². The maximum atomic E-state index is 12.3. The zero-order chi connectivity index (χ0) is 45.4. The van der Waals surface area contributed by atoms with Crippen LogP contribution in [0.2, 0.25) is 0 Å². The maximum absolute atomic E-state index is 12.3. The van der Waals surface area contributed by atoms with Crippen molar-refractivity contribution in [3.05, 3.63) is 182 Å². The van der Waals surface area contributed by atoms with Gasteiger partial charge in [-0.25, -0.2) is 0 Å². The Hall–Kier alpha value is -3.92. The first-order valence-corrected chi connectivity index (χ1v) is 26.8. The zero-order valence-corrected chi connectivity index (χ0v) is 43.6. The van der Waals surface area contributed by atoms with Crippen LogP contribution in [0.15, 0.2) is 182 Å². The summed E-state index contributed by atoms with van der Waals surface area (Å²) in [4.78, 5) is 23.7. The molecule has 0 bridgehead atoms. The number of hydrogen-bond donors (Lipinski definition) is 0. The summed E-state index contributed by atoms with van der Waals surface area (Å²) < 4.78 is 10.3. The van der Waals surface area contributed by atoms with Gasteiger partial charge >= 0.3 is 11.9 Å². The molecule has 6 rings (SSSR count). The van der Waals surface area contributed by atoms with Gasteiger partial charge in [0.25, 0.3) is 0 Å². The molecule has 8 heteroatoms. The van der Waals surface area contributed by atoms with Gasteiger partial charge in [0.15, 0.2) is 0 Å². The molecule has 0 amide bonds. The van der Waals surface area contributed by atoms with Crippen LogP contribution in [0.1, 0.15) is 80.1 Å². The minimum atomic E-state index is -1.79. The number of carbonyl (C=O) groups excluding carboxylic acids is 2. The summed E-state index contributed by atoms with van der Waals surface area (Å²) in [6, 6.07) is 65.2. The largest absolute Gasteiger partial charge is 1.00 e. The van der Waals surface area contributed by atoms with E-state index in [1.165, 1.54) is 31.8 Å². The molecule has 0 atom stereocenters. The molecule has 0 radical (unpaired) electrons. The van der Waals surface area contributed by atoms with Crippen molar-refractivity contribution in [3.8, 4) is 0 Å². The van der Waals surface area contributed by atoms with Crippen molar-refractivity contribution in [3.63, 3.8) is 0 Å². The molecule has 0 unspecified atom stereocenters. The van der Waals surface area contributed by atoms with Crippen LogP contribution in [0.3, 0.4) is 0 Å². The first-order valence-electron chi connectivity index (χ1n) is 22.4. The fourth-order valence-corrected chi connectivity index (χ4v) is 14.6. The Morgan fingerprint density at radius 2 is 0.750 bits per heavy atom. The molecule has 0 saturated heterocycles.